The molecule has 94 valence electrons. The van der Waals surface area contributed by atoms with Crippen LogP contribution in [-0.2, 0) is 0 Å². The first-order valence-electron chi connectivity index (χ1n) is 5.99. The van der Waals surface area contributed by atoms with Crippen molar-refractivity contribution in [3.63, 3.8) is 0 Å². The van der Waals surface area contributed by atoms with Crippen molar-refractivity contribution in [2.75, 3.05) is 34.2 Å². The Morgan fingerprint density at radius 1 is 1.31 bits per heavy atom. The van der Waals surface area contributed by atoms with Gasteiger partial charge in [-0.15, -0.1) is 0 Å². The van der Waals surface area contributed by atoms with Crippen LogP contribution in [0.5, 0.6) is 0 Å². The summed E-state index contributed by atoms with van der Waals surface area (Å²) in [5, 5.41) is 0. The maximum absolute atomic E-state index is 5.96. The third-order valence-corrected chi connectivity index (χ3v) is 2.87. The Morgan fingerprint density at radius 2 is 1.88 bits per heavy atom. The summed E-state index contributed by atoms with van der Waals surface area (Å²) in [4.78, 5) is 8.80. The highest BCUT2D eigenvalue weighted by Gasteiger charge is 2.27. The number of nitrogens with zero attached hydrogens (tertiary/aromatic N) is 3. The Hall–Kier alpha value is -0.770. The minimum atomic E-state index is 0.179. The normalized spacial score (nSPS) is 18.0. The SMILES string of the molecule is CN(C)CC(C)(C)CN=C(N)N(C)C1CC1. The first-order chi connectivity index (χ1) is 7.32. The smallest absolute Gasteiger partial charge is 0.191 e. The molecule has 1 saturated carbocycles. The van der Waals surface area contributed by atoms with Crippen LogP contribution in [0.15, 0.2) is 4.99 Å². The van der Waals surface area contributed by atoms with Gasteiger partial charge in [-0.3, -0.25) is 4.99 Å². The first kappa shape index (κ1) is 13.3. The average Bonchev–Trinajstić information content (AvgIpc) is 2.94. The van der Waals surface area contributed by atoms with Crippen LogP contribution in [0.3, 0.4) is 0 Å². The molecule has 0 atom stereocenters. The molecule has 0 amide bonds. The molecule has 1 fully saturated rings. The number of hydrogen-bond acceptors (Lipinski definition) is 2. The van der Waals surface area contributed by atoms with E-state index in [0.29, 0.717) is 12.0 Å². The van der Waals surface area contributed by atoms with Gasteiger partial charge in [0.25, 0.3) is 0 Å². The monoisotopic (exact) mass is 226 g/mol. The number of nitrogens with two attached hydrogens (primary N) is 1. The molecule has 1 aliphatic rings. The molecule has 0 saturated heterocycles. The molecule has 4 heteroatoms. The average molecular weight is 226 g/mol. The first-order valence-corrected chi connectivity index (χ1v) is 5.99. The fourth-order valence-corrected chi connectivity index (χ4v) is 1.96. The Balaban J connectivity index is 2.43. The predicted octanol–water partition coefficient (Wildman–Crippen LogP) is 0.983. The molecule has 0 aliphatic heterocycles. The van der Waals surface area contributed by atoms with E-state index in [-0.39, 0.29) is 5.41 Å². The van der Waals surface area contributed by atoms with Gasteiger partial charge in [-0.05, 0) is 32.4 Å². The lowest BCUT2D eigenvalue weighted by molar-refractivity contribution is 0.248. The van der Waals surface area contributed by atoms with E-state index in [1.807, 2.05) is 7.05 Å². The zero-order chi connectivity index (χ0) is 12.3. The number of guanidine groups is 1. The lowest BCUT2D eigenvalue weighted by atomic mass is 9.93. The van der Waals surface area contributed by atoms with E-state index in [1.165, 1.54) is 12.8 Å². The summed E-state index contributed by atoms with van der Waals surface area (Å²) in [6.07, 6.45) is 2.52. The molecule has 1 rings (SSSR count). The summed E-state index contributed by atoms with van der Waals surface area (Å²) in [5.41, 5.74) is 6.14. The minimum Gasteiger partial charge on any atom is -0.370 e. The van der Waals surface area contributed by atoms with Gasteiger partial charge in [-0.1, -0.05) is 13.8 Å². The summed E-state index contributed by atoms with van der Waals surface area (Å²) >= 11 is 0. The van der Waals surface area contributed by atoms with Crippen molar-refractivity contribution in [3.05, 3.63) is 0 Å². The van der Waals surface area contributed by atoms with Gasteiger partial charge >= 0.3 is 0 Å². The summed E-state index contributed by atoms with van der Waals surface area (Å²) in [6.45, 7) is 6.26. The Bertz CT molecular complexity index is 254. The molecule has 0 unspecified atom stereocenters. The highest BCUT2D eigenvalue weighted by Crippen LogP contribution is 2.25. The second-order valence-electron chi connectivity index (χ2n) is 5.92. The molecule has 0 aromatic rings. The molecular weight excluding hydrogens is 200 g/mol. The maximum atomic E-state index is 5.96. The molecule has 0 heterocycles. The van der Waals surface area contributed by atoms with Crippen LogP contribution in [0.4, 0.5) is 0 Å². The Labute approximate surface area is 99.5 Å². The minimum absolute atomic E-state index is 0.179. The molecule has 16 heavy (non-hydrogen) atoms. The molecular formula is C12H26N4. The predicted molar refractivity (Wildman–Crippen MR) is 69.6 cm³/mol. The van der Waals surface area contributed by atoms with Gasteiger partial charge in [0.05, 0.1) is 0 Å². The van der Waals surface area contributed by atoms with E-state index >= 15 is 0 Å². The third kappa shape index (κ3) is 4.39. The van der Waals surface area contributed by atoms with E-state index in [9.17, 15) is 0 Å². The zero-order valence-corrected chi connectivity index (χ0v) is 11.3. The van der Waals surface area contributed by atoms with Gasteiger partial charge in [-0.25, -0.2) is 0 Å². The molecule has 0 spiro atoms. The van der Waals surface area contributed by atoms with Crippen molar-refractivity contribution in [2.45, 2.75) is 32.7 Å². The summed E-state index contributed by atoms with van der Waals surface area (Å²) in [5.74, 6) is 0.689. The number of aliphatic imine (C=N–C) groups is 1. The lowest BCUT2D eigenvalue weighted by Gasteiger charge is -2.27. The molecule has 0 radical (unpaired) electrons. The third-order valence-electron chi connectivity index (χ3n) is 2.87. The van der Waals surface area contributed by atoms with Crippen molar-refractivity contribution < 1.29 is 0 Å². The molecule has 4 nitrogen and oxygen atoms in total. The van der Waals surface area contributed by atoms with E-state index in [1.54, 1.807) is 0 Å². The highest BCUT2D eigenvalue weighted by atomic mass is 15.3. The van der Waals surface area contributed by atoms with Gasteiger partial charge in [0, 0.05) is 26.2 Å². The van der Waals surface area contributed by atoms with Crippen LogP contribution in [0.25, 0.3) is 0 Å². The van der Waals surface area contributed by atoms with Crippen molar-refractivity contribution in [3.8, 4) is 0 Å². The Morgan fingerprint density at radius 3 is 2.31 bits per heavy atom. The molecule has 2 N–H and O–H groups in total. The van der Waals surface area contributed by atoms with E-state index < -0.39 is 0 Å². The number of rotatable bonds is 5. The van der Waals surface area contributed by atoms with Crippen LogP contribution in [0.2, 0.25) is 0 Å². The van der Waals surface area contributed by atoms with Gasteiger partial charge in [0.2, 0.25) is 0 Å². The quantitative estimate of drug-likeness (QED) is 0.561. The Kier molecular flexibility index (Phi) is 4.19. The molecule has 1 aliphatic carbocycles. The summed E-state index contributed by atoms with van der Waals surface area (Å²) in [7, 11) is 6.21. The number of hydrogen-bond donors (Lipinski definition) is 1. The van der Waals surface area contributed by atoms with Crippen LogP contribution in [0.1, 0.15) is 26.7 Å². The van der Waals surface area contributed by atoms with Crippen LogP contribution < -0.4 is 5.73 Å². The fraction of sp³-hybridized carbons (Fsp3) is 0.917. The van der Waals surface area contributed by atoms with E-state index in [4.69, 9.17) is 5.73 Å². The van der Waals surface area contributed by atoms with Crippen LogP contribution >= 0.6 is 0 Å². The summed E-state index contributed by atoms with van der Waals surface area (Å²) in [6, 6.07) is 0.640. The van der Waals surface area contributed by atoms with Crippen LogP contribution in [0, 0.1) is 5.41 Å². The van der Waals surface area contributed by atoms with Crippen molar-refractivity contribution in [1.29, 1.82) is 0 Å². The zero-order valence-electron chi connectivity index (χ0n) is 11.3. The molecule has 0 aromatic carbocycles. The van der Waals surface area contributed by atoms with Crippen molar-refractivity contribution >= 4 is 5.96 Å². The van der Waals surface area contributed by atoms with E-state index in [2.05, 4.69) is 42.7 Å². The molecule has 0 aromatic heterocycles. The van der Waals surface area contributed by atoms with Gasteiger partial charge < -0.3 is 15.5 Å². The van der Waals surface area contributed by atoms with E-state index in [0.717, 1.165) is 13.1 Å². The second-order valence-corrected chi connectivity index (χ2v) is 5.92. The fourth-order valence-electron chi connectivity index (χ4n) is 1.96. The van der Waals surface area contributed by atoms with Crippen molar-refractivity contribution in [2.24, 2.45) is 16.1 Å². The lowest BCUT2D eigenvalue weighted by Crippen LogP contribution is -2.38. The van der Waals surface area contributed by atoms with Gasteiger partial charge in [0.15, 0.2) is 5.96 Å². The van der Waals surface area contributed by atoms with Gasteiger partial charge in [0.1, 0.15) is 0 Å². The largest absolute Gasteiger partial charge is 0.370 e. The standard InChI is InChI=1S/C12H26N4/c1-12(2,9-15(3)4)8-14-11(13)16(5)10-6-7-10/h10H,6-9H2,1-5H3,(H2,13,14). The van der Waals surface area contributed by atoms with Gasteiger partial charge in [-0.2, -0.15) is 0 Å². The maximum Gasteiger partial charge on any atom is 0.191 e. The molecule has 0 bridgehead atoms. The van der Waals surface area contributed by atoms with Crippen molar-refractivity contribution in [1.82, 2.24) is 9.80 Å². The topological polar surface area (TPSA) is 44.9 Å². The van der Waals surface area contributed by atoms with Crippen LogP contribution in [-0.4, -0.2) is 56.0 Å². The summed E-state index contributed by atoms with van der Waals surface area (Å²) < 4.78 is 0. The highest BCUT2D eigenvalue weighted by molar-refractivity contribution is 5.78. The second kappa shape index (κ2) is 5.04.